The summed E-state index contributed by atoms with van der Waals surface area (Å²) in [6, 6.07) is 5.25. The second-order valence-corrected chi connectivity index (χ2v) is 4.72. The van der Waals surface area contributed by atoms with Crippen molar-refractivity contribution >= 4 is 17.0 Å². The van der Waals surface area contributed by atoms with Gasteiger partial charge in [0.15, 0.2) is 5.82 Å². The second-order valence-electron chi connectivity index (χ2n) is 4.72. The molecule has 5 heteroatoms. The first kappa shape index (κ1) is 12.1. The quantitative estimate of drug-likeness (QED) is 0.795. The Morgan fingerprint density at radius 3 is 3.00 bits per heavy atom. The highest BCUT2D eigenvalue weighted by atomic mass is 19.1. The van der Waals surface area contributed by atoms with Crippen molar-refractivity contribution in [3.63, 3.8) is 0 Å². The van der Waals surface area contributed by atoms with Crippen LogP contribution in [0.15, 0.2) is 18.2 Å². The zero-order valence-electron chi connectivity index (χ0n) is 10.7. The molecule has 0 unspecified atom stereocenters. The minimum atomic E-state index is -0.345. The summed E-state index contributed by atoms with van der Waals surface area (Å²) in [6.07, 6.45) is 2.20. The Bertz CT molecular complexity index is 632. The molecule has 0 saturated heterocycles. The fourth-order valence-corrected chi connectivity index (χ4v) is 2.34. The summed E-state index contributed by atoms with van der Waals surface area (Å²) in [6.45, 7) is 2.11. The molecule has 1 aliphatic carbocycles. The Kier molecular flexibility index (Phi) is 2.97. The molecule has 1 fully saturated rings. The van der Waals surface area contributed by atoms with Crippen LogP contribution < -0.4 is 0 Å². The summed E-state index contributed by atoms with van der Waals surface area (Å²) in [5.74, 6) is -0.0665. The first-order chi connectivity index (χ1) is 9.20. The van der Waals surface area contributed by atoms with Gasteiger partial charge in [0.25, 0.3) is 0 Å². The third-order valence-electron chi connectivity index (χ3n) is 3.26. The van der Waals surface area contributed by atoms with E-state index in [1.54, 1.807) is 13.0 Å². The van der Waals surface area contributed by atoms with Crippen molar-refractivity contribution in [1.82, 2.24) is 9.55 Å². The van der Waals surface area contributed by atoms with Crippen molar-refractivity contribution < 1.29 is 13.9 Å². The Morgan fingerprint density at radius 1 is 1.53 bits per heavy atom. The number of imidazole rings is 1. The lowest BCUT2D eigenvalue weighted by atomic mass is 10.3. The number of carbonyl (C=O) groups is 1. The first-order valence-corrected chi connectivity index (χ1v) is 6.51. The minimum Gasteiger partial charge on any atom is -0.466 e. The molecule has 2 aromatic rings. The van der Waals surface area contributed by atoms with Gasteiger partial charge in [0, 0.05) is 6.04 Å². The van der Waals surface area contributed by atoms with Gasteiger partial charge in [0.05, 0.1) is 12.1 Å². The van der Waals surface area contributed by atoms with E-state index in [1.165, 1.54) is 6.07 Å². The summed E-state index contributed by atoms with van der Waals surface area (Å²) < 4.78 is 20.7. The molecular formula is C14H15FN2O2. The van der Waals surface area contributed by atoms with Crippen LogP contribution in [0.4, 0.5) is 4.39 Å². The number of carbonyl (C=O) groups excluding carboxylic acids is 1. The Labute approximate surface area is 110 Å². The second kappa shape index (κ2) is 4.64. The highest BCUT2D eigenvalue weighted by molar-refractivity contribution is 5.79. The molecule has 1 aromatic heterocycles. The van der Waals surface area contributed by atoms with Crippen molar-refractivity contribution in [2.45, 2.75) is 32.2 Å². The van der Waals surface area contributed by atoms with E-state index in [9.17, 15) is 9.18 Å². The SMILES string of the molecule is CCOC(=O)Cc1nc2c(F)cccc2n1C1CC1. The number of ether oxygens (including phenoxy) is 1. The van der Waals surface area contributed by atoms with E-state index in [0.29, 0.717) is 24.0 Å². The highest BCUT2D eigenvalue weighted by Gasteiger charge is 2.29. The normalized spacial score (nSPS) is 14.8. The van der Waals surface area contributed by atoms with Crippen LogP contribution >= 0.6 is 0 Å². The summed E-state index contributed by atoms with van der Waals surface area (Å²) in [5, 5.41) is 0. The van der Waals surface area contributed by atoms with E-state index < -0.39 is 0 Å². The van der Waals surface area contributed by atoms with Gasteiger partial charge >= 0.3 is 5.97 Å². The number of halogens is 1. The molecule has 0 aliphatic heterocycles. The Balaban J connectivity index is 2.05. The number of hydrogen-bond acceptors (Lipinski definition) is 3. The number of esters is 1. The van der Waals surface area contributed by atoms with Gasteiger partial charge in [-0.15, -0.1) is 0 Å². The molecule has 1 heterocycles. The molecule has 0 N–H and O–H groups in total. The molecule has 0 atom stereocenters. The summed E-state index contributed by atoms with van der Waals surface area (Å²) in [7, 11) is 0. The lowest BCUT2D eigenvalue weighted by Gasteiger charge is -2.07. The third kappa shape index (κ3) is 2.20. The fourth-order valence-electron chi connectivity index (χ4n) is 2.34. The summed E-state index contributed by atoms with van der Waals surface area (Å²) in [4.78, 5) is 15.9. The zero-order valence-corrected chi connectivity index (χ0v) is 10.7. The Morgan fingerprint density at radius 2 is 2.32 bits per heavy atom. The van der Waals surface area contributed by atoms with Crippen molar-refractivity contribution in [1.29, 1.82) is 0 Å². The molecule has 100 valence electrons. The third-order valence-corrected chi connectivity index (χ3v) is 3.26. The van der Waals surface area contributed by atoms with Crippen molar-refractivity contribution in [3.05, 3.63) is 29.8 Å². The number of para-hydroxylation sites is 1. The molecule has 1 saturated carbocycles. The van der Waals surface area contributed by atoms with Gasteiger partial charge in [-0.25, -0.2) is 9.37 Å². The van der Waals surface area contributed by atoms with E-state index >= 15 is 0 Å². The van der Waals surface area contributed by atoms with Crippen molar-refractivity contribution in [2.24, 2.45) is 0 Å². The lowest BCUT2D eigenvalue weighted by molar-refractivity contribution is -0.142. The topological polar surface area (TPSA) is 44.1 Å². The average Bonchev–Trinajstić information content (AvgIpc) is 3.13. The minimum absolute atomic E-state index is 0.0957. The van der Waals surface area contributed by atoms with Crippen molar-refractivity contribution in [3.8, 4) is 0 Å². The predicted octanol–water partition coefficient (Wildman–Crippen LogP) is 2.62. The molecular weight excluding hydrogens is 247 g/mol. The highest BCUT2D eigenvalue weighted by Crippen LogP contribution is 2.39. The largest absolute Gasteiger partial charge is 0.466 e. The van der Waals surface area contributed by atoms with Gasteiger partial charge < -0.3 is 9.30 Å². The van der Waals surface area contributed by atoms with Crippen LogP contribution in [0.25, 0.3) is 11.0 Å². The van der Waals surface area contributed by atoms with Gasteiger partial charge in [-0.05, 0) is 31.9 Å². The average molecular weight is 262 g/mol. The van der Waals surface area contributed by atoms with Crippen LogP contribution in [0.3, 0.4) is 0 Å². The van der Waals surface area contributed by atoms with Gasteiger partial charge in [-0.2, -0.15) is 0 Å². The molecule has 4 nitrogen and oxygen atoms in total. The van der Waals surface area contributed by atoms with Gasteiger partial charge in [-0.3, -0.25) is 4.79 Å². The number of aromatic nitrogens is 2. The van der Waals surface area contributed by atoms with E-state index in [0.717, 1.165) is 18.4 Å². The van der Waals surface area contributed by atoms with Gasteiger partial charge in [-0.1, -0.05) is 6.07 Å². The van der Waals surface area contributed by atoms with E-state index in [4.69, 9.17) is 4.74 Å². The van der Waals surface area contributed by atoms with E-state index in [1.807, 2.05) is 10.6 Å². The first-order valence-electron chi connectivity index (χ1n) is 6.51. The molecule has 0 bridgehead atoms. The maximum Gasteiger partial charge on any atom is 0.313 e. The van der Waals surface area contributed by atoms with E-state index in [2.05, 4.69) is 4.98 Å². The number of hydrogen-bond donors (Lipinski definition) is 0. The Hall–Kier alpha value is -1.91. The molecule has 1 aromatic carbocycles. The summed E-state index contributed by atoms with van der Waals surface area (Å²) in [5.41, 5.74) is 1.11. The van der Waals surface area contributed by atoms with Crippen LogP contribution in [-0.2, 0) is 16.0 Å². The van der Waals surface area contributed by atoms with Crippen LogP contribution in [0, 0.1) is 5.82 Å². The molecule has 3 rings (SSSR count). The standard InChI is InChI=1S/C14H15FN2O2/c1-2-19-13(18)8-12-16-14-10(15)4-3-5-11(14)17(12)9-6-7-9/h3-5,9H,2,6-8H2,1H3. The zero-order chi connectivity index (χ0) is 13.4. The smallest absolute Gasteiger partial charge is 0.313 e. The molecule has 0 radical (unpaired) electrons. The van der Waals surface area contributed by atoms with Gasteiger partial charge in [0.2, 0.25) is 0 Å². The van der Waals surface area contributed by atoms with E-state index in [-0.39, 0.29) is 18.2 Å². The predicted molar refractivity (Wildman–Crippen MR) is 68.3 cm³/mol. The van der Waals surface area contributed by atoms with Crippen molar-refractivity contribution in [2.75, 3.05) is 6.61 Å². The summed E-state index contributed by atoms with van der Waals surface area (Å²) >= 11 is 0. The number of benzene rings is 1. The monoisotopic (exact) mass is 262 g/mol. The number of fused-ring (bicyclic) bond motifs is 1. The lowest BCUT2D eigenvalue weighted by Crippen LogP contribution is -2.12. The number of nitrogens with zero attached hydrogens (tertiary/aromatic N) is 2. The van der Waals surface area contributed by atoms with Crippen LogP contribution in [0.1, 0.15) is 31.6 Å². The number of rotatable bonds is 4. The molecule has 0 spiro atoms. The maximum absolute atomic E-state index is 13.8. The van der Waals surface area contributed by atoms with Gasteiger partial charge in [0.1, 0.15) is 17.8 Å². The fraction of sp³-hybridized carbons (Fsp3) is 0.429. The van der Waals surface area contributed by atoms with Crippen LogP contribution in [0.2, 0.25) is 0 Å². The molecule has 0 amide bonds. The maximum atomic E-state index is 13.8. The molecule has 19 heavy (non-hydrogen) atoms. The van der Waals surface area contributed by atoms with Crippen LogP contribution in [-0.4, -0.2) is 22.1 Å². The molecule has 1 aliphatic rings. The van der Waals surface area contributed by atoms with Crippen LogP contribution in [0.5, 0.6) is 0 Å².